The van der Waals surface area contributed by atoms with E-state index in [0.717, 1.165) is 18.6 Å². The Hall–Kier alpha value is -1.80. The van der Waals surface area contributed by atoms with Gasteiger partial charge in [0.2, 0.25) is 0 Å². The second kappa shape index (κ2) is 7.28. The van der Waals surface area contributed by atoms with Gasteiger partial charge in [0.1, 0.15) is 5.75 Å². The van der Waals surface area contributed by atoms with E-state index in [0.29, 0.717) is 6.04 Å². The number of ether oxygens (including phenoxy) is 1. The molecule has 2 nitrogen and oxygen atoms in total. The number of nitrogens with one attached hydrogen (secondary N) is 1. The number of hydrogen-bond acceptors (Lipinski definition) is 2. The first-order chi connectivity index (χ1) is 10.2. The number of benzene rings is 2. The molecule has 0 spiro atoms. The summed E-state index contributed by atoms with van der Waals surface area (Å²) in [6.45, 7) is 4.25. The summed E-state index contributed by atoms with van der Waals surface area (Å²) >= 11 is 0. The van der Waals surface area contributed by atoms with Crippen LogP contribution in [0.2, 0.25) is 0 Å². The molecule has 1 atom stereocenters. The van der Waals surface area contributed by atoms with E-state index < -0.39 is 0 Å². The van der Waals surface area contributed by atoms with Gasteiger partial charge in [-0.05, 0) is 50.4 Å². The van der Waals surface area contributed by atoms with Crippen LogP contribution in [0.4, 0.5) is 0 Å². The Morgan fingerprint density at radius 3 is 2.38 bits per heavy atom. The standard InChI is InChI=1S/C19H25NO/c1-14-10-12-17(19(21-4)15(14)2)18(20-3)13-11-16-8-6-5-7-9-16/h5-10,12,18,20H,11,13H2,1-4H3. The van der Waals surface area contributed by atoms with Crippen molar-refractivity contribution in [3.63, 3.8) is 0 Å². The molecule has 0 saturated carbocycles. The first-order valence-electron chi connectivity index (χ1n) is 7.52. The molecule has 0 amide bonds. The summed E-state index contributed by atoms with van der Waals surface area (Å²) in [5.74, 6) is 1.02. The molecule has 0 heterocycles. The normalized spacial score (nSPS) is 12.2. The van der Waals surface area contributed by atoms with E-state index in [1.807, 2.05) is 7.05 Å². The Bertz CT molecular complexity index is 578. The Morgan fingerprint density at radius 2 is 1.76 bits per heavy atom. The van der Waals surface area contributed by atoms with Crippen LogP contribution in [0.25, 0.3) is 0 Å². The van der Waals surface area contributed by atoms with Crippen molar-refractivity contribution in [1.82, 2.24) is 5.32 Å². The number of rotatable bonds is 6. The van der Waals surface area contributed by atoms with Crippen molar-refractivity contribution in [2.45, 2.75) is 32.7 Å². The van der Waals surface area contributed by atoms with Crippen molar-refractivity contribution in [3.8, 4) is 5.75 Å². The van der Waals surface area contributed by atoms with Crippen molar-refractivity contribution in [1.29, 1.82) is 0 Å². The van der Waals surface area contributed by atoms with Gasteiger partial charge in [-0.3, -0.25) is 0 Å². The summed E-state index contributed by atoms with van der Waals surface area (Å²) in [7, 11) is 3.78. The summed E-state index contributed by atoms with van der Waals surface area (Å²) in [6, 6.07) is 15.3. The zero-order valence-corrected chi connectivity index (χ0v) is 13.4. The van der Waals surface area contributed by atoms with E-state index >= 15 is 0 Å². The van der Waals surface area contributed by atoms with Gasteiger partial charge in [-0.15, -0.1) is 0 Å². The highest BCUT2D eigenvalue weighted by Crippen LogP contribution is 2.32. The minimum atomic E-state index is 0.305. The summed E-state index contributed by atoms with van der Waals surface area (Å²) in [5.41, 5.74) is 5.13. The van der Waals surface area contributed by atoms with E-state index in [2.05, 4.69) is 61.6 Å². The molecule has 112 valence electrons. The van der Waals surface area contributed by atoms with Crippen molar-refractivity contribution >= 4 is 0 Å². The third-order valence-electron chi connectivity index (χ3n) is 4.20. The minimum Gasteiger partial charge on any atom is -0.496 e. The molecule has 0 aliphatic heterocycles. The van der Waals surface area contributed by atoms with E-state index in [4.69, 9.17) is 4.74 Å². The average Bonchev–Trinajstić information content (AvgIpc) is 2.52. The van der Waals surface area contributed by atoms with E-state index in [1.54, 1.807) is 7.11 Å². The van der Waals surface area contributed by atoms with E-state index in [1.165, 1.54) is 22.3 Å². The van der Waals surface area contributed by atoms with Crippen molar-refractivity contribution in [2.75, 3.05) is 14.2 Å². The molecular formula is C19H25NO. The molecule has 2 aromatic carbocycles. The highest BCUT2D eigenvalue weighted by Gasteiger charge is 2.17. The first kappa shape index (κ1) is 15.6. The molecule has 1 N–H and O–H groups in total. The third-order valence-corrected chi connectivity index (χ3v) is 4.20. The summed E-state index contributed by atoms with van der Waals surface area (Å²) < 4.78 is 5.65. The number of hydrogen-bond donors (Lipinski definition) is 1. The van der Waals surface area contributed by atoms with Crippen LogP contribution in [0.3, 0.4) is 0 Å². The Balaban J connectivity index is 2.19. The zero-order chi connectivity index (χ0) is 15.2. The number of aryl methyl sites for hydroxylation is 2. The van der Waals surface area contributed by atoms with Crippen LogP contribution in [0.15, 0.2) is 42.5 Å². The molecule has 0 fully saturated rings. The molecule has 2 heteroatoms. The maximum absolute atomic E-state index is 5.65. The van der Waals surface area contributed by atoms with Crippen molar-refractivity contribution in [2.24, 2.45) is 0 Å². The van der Waals surface area contributed by atoms with Gasteiger partial charge in [-0.2, -0.15) is 0 Å². The van der Waals surface area contributed by atoms with Gasteiger partial charge in [0.15, 0.2) is 0 Å². The van der Waals surface area contributed by atoms with Gasteiger partial charge < -0.3 is 10.1 Å². The van der Waals surface area contributed by atoms with Gasteiger partial charge in [-0.1, -0.05) is 42.5 Å². The Kier molecular flexibility index (Phi) is 5.40. The van der Waals surface area contributed by atoms with Crippen LogP contribution < -0.4 is 10.1 Å². The summed E-state index contributed by atoms with van der Waals surface area (Å²) in [4.78, 5) is 0. The lowest BCUT2D eigenvalue weighted by atomic mass is 9.95. The molecule has 0 bridgehead atoms. The van der Waals surface area contributed by atoms with Crippen LogP contribution in [0, 0.1) is 13.8 Å². The maximum Gasteiger partial charge on any atom is 0.126 e. The molecule has 0 aliphatic carbocycles. The van der Waals surface area contributed by atoms with Crippen LogP contribution in [-0.4, -0.2) is 14.2 Å². The maximum atomic E-state index is 5.65. The molecule has 0 aromatic heterocycles. The highest BCUT2D eigenvalue weighted by atomic mass is 16.5. The zero-order valence-electron chi connectivity index (χ0n) is 13.4. The second-order valence-corrected chi connectivity index (χ2v) is 5.50. The van der Waals surface area contributed by atoms with E-state index in [-0.39, 0.29) is 0 Å². The fourth-order valence-electron chi connectivity index (χ4n) is 2.77. The lowest BCUT2D eigenvalue weighted by Crippen LogP contribution is -2.18. The summed E-state index contributed by atoms with van der Waals surface area (Å²) in [5, 5.41) is 3.43. The molecule has 0 aliphatic rings. The minimum absolute atomic E-state index is 0.305. The Labute approximate surface area is 128 Å². The second-order valence-electron chi connectivity index (χ2n) is 5.50. The summed E-state index contributed by atoms with van der Waals surface area (Å²) in [6.07, 6.45) is 2.11. The monoisotopic (exact) mass is 283 g/mol. The van der Waals surface area contributed by atoms with Crippen LogP contribution in [0.5, 0.6) is 5.75 Å². The third kappa shape index (κ3) is 3.64. The molecular weight excluding hydrogens is 258 g/mol. The number of methoxy groups -OCH3 is 1. The fourth-order valence-corrected chi connectivity index (χ4v) is 2.77. The van der Waals surface area contributed by atoms with Crippen molar-refractivity contribution in [3.05, 3.63) is 64.7 Å². The average molecular weight is 283 g/mol. The van der Waals surface area contributed by atoms with Crippen molar-refractivity contribution < 1.29 is 4.74 Å². The largest absolute Gasteiger partial charge is 0.496 e. The molecule has 2 aromatic rings. The van der Waals surface area contributed by atoms with Gasteiger partial charge in [0.25, 0.3) is 0 Å². The van der Waals surface area contributed by atoms with Crippen LogP contribution in [-0.2, 0) is 6.42 Å². The van der Waals surface area contributed by atoms with Gasteiger partial charge in [-0.25, -0.2) is 0 Å². The first-order valence-corrected chi connectivity index (χ1v) is 7.52. The quantitative estimate of drug-likeness (QED) is 0.857. The lowest BCUT2D eigenvalue weighted by molar-refractivity contribution is 0.395. The Morgan fingerprint density at radius 1 is 1.05 bits per heavy atom. The van der Waals surface area contributed by atoms with Gasteiger partial charge in [0.05, 0.1) is 7.11 Å². The van der Waals surface area contributed by atoms with Crippen LogP contribution in [0.1, 0.15) is 34.7 Å². The SMILES string of the molecule is CNC(CCc1ccccc1)c1ccc(C)c(C)c1OC. The molecule has 2 rings (SSSR count). The van der Waals surface area contributed by atoms with Gasteiger partial charge in [0, 0.05) is 11.6 Å². The predicted molar refractivity (Wildman–Crippen MR) is 89.0 cm³/mol. The highest BCUT2D eigenvalue weighted by molar-refractivity contribution is 5.46. The lowest BCUT2D eigenvalue weighted by Gasteiger charge is -2.21. The topological polar surface area (TPSA) is 21.3 Å². The smallest absolute Gasteiger partial charge is 0.126 e. The van der Waals surface area contributed by atoms with Gasteiger partial charge >= 0.3 is 0 Å². The molecule has 0 radical (unpaired) electrons. The molecule has 1 unspecified atom stereocenters. The predicted octanol–water partition coefficient (Wildman–Crippen LogP) is 4.21. The molecule has 21 heavy (non-hydrogen) atoms. The molecule has 0 saturated heterocycles. The van der Waals surface area contributed by atoms with E-state index in [9.17, 15) is 0 Å². The fraction of sp³-hybridized carbons (Fsp3) is 0.368. The van der Waals surface area contributed by atoms with Crippen LogP contribution >= 0.6 is 0 Å².